The second-order valence-corrected chi connectivity index (χ2v) is 8.75. The van der Waals surface area contributed by atoms with Gasteiger partial charge in [-0.05, 0) is 67.6 Å². The van der Waals surface area contributed by atoms with Gasteiger partial charge in [0.2, 0.25) is 0 Å². The van der Waals surface area contributed by atoms with Crippen LogP contribution in [0.4, 0.5) is 4.39 Å². The Bertz CT molecular complexity index is 1190. The zero-order valence-electron chi connectivity index (χ0n) is 18.5. The first-order valence-electron chi connectivity index (χ1n) is 11.5. The predicted molar refractivity (Wildman–Crippen MR) is 123 cm³/mol. The van der Waals surface area contributed by atoms with Crippen LogP contribution >= 0.6 is 0 Å². The summed E-state index contributed by atoms with van der Waals surface area (Å²) in [6.45, 7) is 3.72. The van der Waals surface area contributed by atoms with E-state index in [0.717, 1.165) is 62.3 Å². The third-order valence-corrected chi connectivity index (χ3v) is 6.60. The Balaban J connectivity index is 1.30. The molecule has 1 amide bonds. The van der Waals surface area contributed by atoms with E-state index in [2.05, 4.69) is 11.0 Å². The molecule has 1 aliphatic heterocycles. The first kappa shape index (κ1) is 21.4. The van der Waals surface area contributed by atoms with Crippen molar-refractivity contribution in [3.05, 3.63) is 82.4 Å². The molecule has 2 aliphatic rings. The Morgan fingerprint density at radius 3 is 2.36 bits per heavy atom. The van der Waals surface area contributed by atoms with Gasteiger partial charge in [0, 0.05) is 44.0 Å². The lowest BCUT2D eigenvalue weighted by Gasteiger charge is -2.34. The second-order valence-electron chi connectivity index (χ2n) is 8.75. The monoisotopic (exact) mass is 443 g/mol. The van der Waals surface area contributed by atoms with Gasteiger partial charge in [-0.3, -0.25) is 9.69 Å². The zero-order valence-corrected chi connectivity index (χ0v) is 18.5. The van der Waals surface area contributed by atoms with Crippen molar-refractivity contribution in [1.29, 1.82) is 5.26 Å². The number of hydrogen-bond donors (Lipinski definition) is 0. The predicted octanol–water partition coefficient (Wildman–Crippen LogP) is 3.72. The van der Waals surface area contributed by atoms with Crippen molar-refractivity contribution in [2.45, 2.75) is 32.2 Å². The van der Waals surface area contributed by atoms with Gasteiger partial charge in [0.05, 0.1) is 17.3 Å². The van der Waals surface area contributed by atoms with E-state index in [-0.39, 0.29) is 11.7 Å². The van der Waals surface area contributed by atoms with Crippen LogP contribution in [-0.2, 0) is 19.4 Å². The summed E-state index contributed by atoms with van der Waals surface area (Å²) in [6.07, 6.45) is 3.86. The van der Waals surface area contributed by atoms with Gasteiger partial charge in [0.25, 0.3) is 5.91 Å². The largest absolute Gasteiger partial charge is 0.335 e. The number of amides is 1. The molecule has 0 unspecified atom stereocenters. The number of carbonyl (C=O) groups excluding carboxylic acids is 1. The van der Waals surface area contributed by atoms with Gasteiger partial charge in [-0.25, -0.2) is 9.07 Å². The van der Waals surface area contributed by atoms with E-state index < -0.39 is 0 Å². The number of benzene rings is 2. The van der Waals surface area contributed by atoms with Gasteiger partial charge >= 0.3 is 0 Å². The highest BCUT2D eigenvalue weighted by Crippen LogP contribution is 2.28. The van der Waals surface area contributed by atoms with Crippen LogP contribution in [0.3, 0.4) is 0 Å². The van der Waals surface area contributed by atoms with E-state index >= 15 is 0 Å². The molecule has 33 heavy (non-hydrogen) atoms. The van der Waals surface area contributed by atoms with Crippen LogP contribution in [0.1, 0.15) is 45.7 Å². The Hall–Kier alpha value is -3.50. The molecule has 168 valence electrons. The summed E-state index contributed by atoms with van der Waals surface area (Å²) in [5.41, 5.74) is 5.31. The lowest BCUT2D eigenvalue weighted by atomic mass is 9.95. The second kappa shape index (κ2) is 9.16. The number of halogens is 1. The van der Waals surface area contributed by atoms with Crippen LogP contribution in [0.5, 0.6) is 0 Å². The normalized spacial score (nSPS) is 16.3. The van der Waals surface area contributed by atoms with Crippen LogP contribution < -0.4 is 0 Å². The molecule has 0 atom stereocenters. The highest BCUT2D eigenvalue weighted by Gasteiger charge is 2.30. The van der Waals surface area contributed by atoms with Crippen LogP contribution in [-0.4, -0.2) is 51.7 Å². The fourth-order valence-electron chi connectivity index (χ4n) is 4.77. The number of rotatable bonds is 4. The highest BCUT2D eigenvalue weighted by atomic mass is 19.1. The standard InChI is InChI=1S/C26H26FN5O/c27-21-9-11-22(12-10-21)32-24-4-2-1-3-23(24)25(29-32)26(33)31-15-13-30(14-16-31)18-20-7-5-19(17-28)6-8-20/h5-12H,1-4,13-16,18H2. The molecule has 0 N–H and O–H groups in total. The Kier molecular flexibility index (Phi) is 5.93. The minimum Gasteiger partial charge on any atom is -0.335 e. The number of nitrogens with zero attached hydrogens (tertiary/aromatic N) is 5. The van der Waals surface area contributed by atoms with Crippen molar-refractivity contribution in [2.24, 2.45) is 0 Å². The lowest BCUT2D eigenvalue weighted by molar-refractivity contribution is 0.0621. The van der Waals surface area contributed by atoms with Crippen molar-refractivity contribution in [3.63, 3.8) is 0 Å². The van der Waals surface area contributed by atoms with Gasteiger partial charge < -0.3 is 4.90 Å². The van der Waals surface area contributed by atoms with Crippen molar-refractivity contribution in [3.8, 4) is 11.8 Å². The fourth-order valence-corrected chi connectivity index (χ4v) is 4.77. The number of piperazine rings is 1. The maximum atomic E-state index is 13.4. The summed E-state index contributed by atoms with van der Waals surface area (Å²) in [7, 11) is 0. The van der Waals surface area contributed by atoms with E-state index in [1.807, 2.05) is 33.8 Å². The van der Waals surface area contributed by atoms with Crippen molar-refractivity contribution >= 4 is 5.91 Å². The molecule has 7 heteroatoms. The third kappa shape index (κ3) is 4.39. The summed E-state index contributed by atoms with van der Waals surface area (Å²) < 4.78 is 15.2. The molecule has 2 heterocycles. The average Bonchev–Trinajstić information content (AvgIpc) is 3.25. The van der Waals surface area contributed by atoms with Crippen LogP contribution in [0.15, 0.2) is 48.5 Å². The fraction of sp³-hybridized carbons (Fsp3) is 0.346. The van der Waals surface area contributed by atoms with Crippen molar-refractivity contribution in [1.82, 2.24) is 19.6 Å². The van der Waals surface area contributed by atoms with Crippen molar-refractivity contribution < 1.29 is 9.18 Å². The first-order chi connectivity index (χ1) is 16.1. The number of hydrogen-bond acceptors (Lipinski definition) is 4. The number of aromatic nitrogens is 2. The molecule has 6 nitrogen and oxygen atoms in total. The molecule has 1 saturated heterocycles. The summed E-state index contributed by atoms with van der Waals surface area (Å²) in [4.78, 5) is 17.7. The summed E-state index contributed by atoms with van der Waals surface area (Å²) in [5, 5.41) is 13.7. The molecule has 2 aromatic carbocycles. The quantitative estimate of drug-likeness (QED) is 0.617. The summed E-state index contributed by atoms with van der Waals surface area (Å²) >= 11 is 0. The number of fused-ring (bicyclic) bond motifs is 1. The van der Waals surface area contributed by atoms with E-state index in [4.69, 9.17) is 10.4 Å². The molecular weight excluding hydrogens is 417 g/mol. The molecule has 0 saturated carbocycles. The van der Waals surface area contributed by atoms with Gasteiger partial charge in [0.1, 0.15) is 5.82 Å². The lowest BCUT2D eigenvalue weighted by Crippen LogP contribution is -2.48. The van der Waals surface area contributed by atoms with E-state index in [0.29, 0.717) is 24.3 Å². The van der Waals surface area contributed by atoms with E-state index in [9.17, 15) is 9.18 Å². The maximum Gasteiger partial charge on any atom is 0.274 e. The molecular formula is C26H26FN5O. The molecule has 3 aromatic rings. The van der Waals surface area contributed by atoms with Gasteiger partial charge in [-0.15, -0.1) is 0 Å². The minimum absolute atomic E-state index is 0.00738. The molecule has 1 aliphatic carbocycles. The molecule has 0 spiro atoms. The SMILES string of the molecule is N#Cc1ccc(CN2CCN(C(=O)c3nn(-c4ccc(F)cc4)c4c3CCCC4)CC2)cc1. The van der Waals surface area contributed by atoms with Gasteiger partial charge in [-0.1, -0.05) is 12.1 Å². The van der Waals surface area contributed by atoms with Gasteiger partial charge in [-0.2, -0.15) is 10.4 Å². The van der Waals surface area contributed by atoms with Gasteiger partial charge in [0.15, 0.2) is 5.69 Å². The van der Waals surface area contributed by atoms with Crippen LogP contribution in [0.2, 0.25) is 0 Å². The molecule has 0 bridgehead atoms. The van der Waals surface area contributed by atoms with Crippen LogP contribution in [0.25, 0.3) is 5.69 Å². The Morgan fingerprint density at radius 1 is 0.970 bits per heavy atom. The number of carbonyl (C=O) groups is 1. The molecule has 1 aromatic heterocycles. The topological polar surface area (TPSA) is 65.2 Å². The average molecular weight is 444 g/mol. The highest BCUT2D eigenvalue weighted by molar-refractivity contribution is 5.94. The smallest absolute Gasteiger partial charge is 0.274 e. The van der Waals surface area contributed by atoms with Crippen LogP contribution in [0, 0.1) is 17.1 Å². The van der Waals surface area contributed by atoms with Crippen molar-refractivity contribution in [2.75, 3.05) is 26.2 Å². The van der Waals surface area contributed by atoms with E-state index in [1.54, 1.807) is 12.1 Å². The molecule has 1 fully saturated rings. The van der Waals surface area contributed by atoms with E-state index in [1.165, 1.54) is 17.7 Å². The first-order valence-corrected chi connectivity index (χ1v) is 11.5. The maximum absolute atomic E-state index is 13.4. The Labute approximate surface area is 192 Å². The number of nitriles is 1. The zero-order chi connectivity index (χ0) is 22.8. The minimum atomic E-state index is -0.282. The third-order valence-electron chi connectivity index (χ3n) is 6.60. The summed E-state index contributed by atoms with van der Waals surface area (Å²) in [6, 6.07) is 16.1. The Morgan fingerprint density at radius 2 is 1.67 bits per heavy atom. The molecule has 0 radical (unpaired) electrons. The summed E-state index contributed by atoms with van der Waals surface area (Å²) in [5.74, 6) is -0.290. The molecule has 5 rings (SSSR count).